The second-order valence-electron chi connectivity index (χ2n) is 4.64. The fourth-order valence-corrected chi connectivity index (χ4v) is 2.39. The molecule has 0 aliphatic rings. The molecule has 114 valence electrons. The lowest BCUT2D eigenvalue weighted by molar-refractivity contribution is -0.114. The van der Waals surface area contributed by atoms with Crippen molar-refractivity contribution in [2.24, 2.45) is 0 Å². The van der Waals surface area contributed by atoms with Gasteiger partial charge in [-0.05, 0) is 31.2 Å². The third-order valence-electron chi connectivity index (χ3n) is 2.94. The number of para-hydroxylation sites is 1. The van der Waals surface area contributed by atoms with Crippen LogP contribution in [0.3, 0.4) is 0 Å². The minimum Gasteiger partial charge on any atom is -0.374 e. The number of halogens is 2. The zero-order valence-corrected chi connectivity index (χ0v) is 13.3. The van der Waals surface area contributed by atoms with Crippen LogP contribution < -0.4 is 10.6 Å². The van der Waals surface area contributed by atoms with Gasteiger partial charge >= 0.3 is 0 Å². The van der Waals surface area contributed by atoms with Gasteiger partial charge in [0.25, 0.3) is 0 Å². The minimum absolute atomic E-state index is 0.00769. The summed E-state index contributed by atoms with van der Waals surface area (Å²) >= 11 is 12.0. The molecule has 22 heavy (non-hydrogen) atoms. The monoisotopic (exact) mass is 336 g/mol. The highest BCUT2D eigenvalue weighted by Gasteiger charge is 2.08. The van der Waals surface area contributed by atoms with Gasteiger partial charge in [0.05, 0.1) is 22.3 Å². The van der Waals surface area contributed by atoms with Gasteiger partial charge in [-0.3, -0.25) is 9.59 Å². The van der Waals surface area contributed by atoms with Gasteiger partial charge in [0.1, 0.15) is 0 Å². The first-order valence-corrected chi connectivity index (χ1v) is 7.31. The van der Waals surface area contributed by atoms with E-state index in [0.717, 1.165) is 0 Å². The second kappa shape index (κ2) is 7.29. The maximum Gasteiger partial charge on any atom is 0.243 e. The molecule has 2 N–H and O–H groups in total. The molecule has 0 atom stereocenters. The van der Waals surface area contributed by atoms with Crippen molar-refractivity contribution in [1.82, 2.24) is 0 Å². The van der Waals surface area contributed by atoms with Crippen LogP contribution in [-0.4, -0.2) is 18.2 Å². The zero-order chi connectivity index (χ0) is 16.1. The van der Waals surface area contributed by atoms with Gasteiger partial charge in [0.15, 0.2) is 5.78 Å². The van der Waals surface area contributed by atoms with Gasteiger partial charge in [-0.25, -0.2) is 0 Å². The number of hydrogen-bond donors (Lipinski definition) is 2. The predicted molar refractivity (Wildman–Crippen MR) is 90.0 cm³/mol. The van der Waals surface area contributed by atoms with Crippen molar-refractivity contribution in [3.63, 3.8) is 0 Å². The first-order valence-electron chi connectivity index (χ1n) is 6.56. The van der Waals surface area contributed by atoms with Crippen LogP contribution in [0.1, 0.15) is 17.3 Å². The van der Waals surface area contributed by atoms with Crippen molar-refractivity contribution in [2.75, 3.05) is 17.2 Å². The number of nitrogens with one attached hydrogen (secondary N) is 2. The van der Waals surface area contributed by atoms with Gasteiger partial charge in [0.2, 0.25) is 5.91 Å². The van der Waals surface area contributed by atoms with Crippen molar-refractivity contribution < 1.29 is 9.59 Å². The normalized spacial score (nSPS) is 10.1. The molecule has 0 saturated heterocycles. The summed E-state index contributed by atoms with van der Waals surface area (Å²) in [5.41, 5.74) is 1.61. The largest absolute Gasteiger partial charge is 0.374 e. The van der Waals surface area contributed by atoms with E-state index in [9.17, 15) is 9.59 Å². The lowest BCUT2D eigenvalue weighted by Crippen LogP contribution is -2.22. The third kappa shape index (κ3) is 4.23. The Morgan fingerprint density at radius 2 is 1.68 bits per heavy atom. The standard InChI is InChI=1S/C16H14Cl2N2O2/c1-10(21)11-4-2-5-12(8-11)20-15(22)9-19-16-13(17)6-3-7-14(16)18/h2-8,19H,9H2,1H3,(H,20,22). The van der Waals surface area contributed by atoms with Crippen molar-refractivity contribution in [3.8, 4) is 0 Å². The maximum atomic E-state index is 11.9. The van der Waals surface area contributed by atoms with Crippen molar-refractivity contribution >= 4 is 46.3 Å². The summed E-state index contributed by atoms with van der Waals surface area (Å²) in [5, 5.41) is 6.49. The molecule has 0 aliphatic carbocycles. The molecule has 0 spiro atoms. The Morgan fingerprint density at radius 1 is 1.05 bits per heavy atom. The summed E-state index contributed by atoms with van der Waals surface area (Å²) < 4.78 is 0. The second-order valence-corrected chi connectivity index (χ2v) is 5.45. The molecule has 0 radical (unpaired) electrons. The number of hydrogen-bond acceptors (Lipinski definition) is 3. The third-order valence-corrected chi connectivity index (χ3v) is 3.57. The molecule has 0 unspecified atom stereocenters. The van der Waals surface area contributed by atoms with E-state index in [-0.39, 0.29) is 18.2 Å². The number of anilines is 2. The Hall–Kier alpha value is -2.04. The fraction of sp³-hybridized carbons (Fsp3) is 0.125. The highest BCUT2D eigenvalue weighted by Crippen LogP contribution is 2.29. The fourth-order valence-electron chi connectivity index (χ4n) is 1.86. The summed E-state index contributed by atoms with van der Waals surface area (Å²) in [4.78, 5) is 23.3. The number of rotatable bonds is 5. The molecule has 2 rings (SSSR count). The molecule has 2 aromatic carbocycles. The van der Waals surface area contributed by atoms with Crippen LogP contribution in [-0.2, 0) is 4.79 Å². The minimum atomic E-state index is -0.267. The van der Waals surface area contributed by atoms with Gasteiger partial charge in [-0.15, -0.1) is 0 Å². The smallest absolute Gasteiger partial charge is 0.243 e. The molecule has 4 nitrogen and oxygen atoms in total. The Balaban J connectivity index is 1.99. The van der Waals surface area contributed by atoms with Crippen molar-refractivity contribution in [2.45, 2.75) is 6.92 Å². The number of ketones is 1. The molecule has 0 fully saturated rings. The number of amides is 1. The van der Waals surface area contributed by atoms with E-state index in [0.29, 0.717) is 27.0 Å². The van der Waals surface area contributed by atoms with Crippen LogP contribution in [0.5, 0.6) is 0 Å². The number of Topliss-reactive ketones (excluding diaryl/α,β-unsaturated/α-hetero) is 1. The van der Waals surface area contributed by atoms with Crippen LogP contribution >= 0.6 is 23.2 Å². The summed E-state index contributed by atoms with van der Waals surface area (Å²) in [5.74, 6) is -0.325. The molecule has 1 amide bonds. The van der Waals surface area contributed by atoms with Crippen LogP contribution in [0.25, 0.3) is 0 Å². The van der Waals surface area contributed by atoms with Gasteiger partial charge in [0, 0.05) is 11.3 Å². The highest BCUT2D eigenvalue weighted by molar-refractivity contribution is 6.39. The number of carbonyl (C=O) groups is 2. The first-order chi connectivity index (χ1) is 10.5. The molecule has 0 aromatic heterocycles. The quantitative estimate of drug-likeness (QED) is 0.802. The Labute approximate surface area is 138 Å². The lowest BCUT2D eigenvalue weighted by atomic mass is 10.1. The summed E-state index contributed by atoms with van der Waals surface area (Å²) in [6.45, 7) is 1.48. The highest BCUT2D eigenvalue weighted by atomic mass is 35.5. The van der Waals surface area contributed by atoms with Crippen LogP contribution in [0, 0.1) is 0 Å². The van der Waals surface area contributed by atoms with Gasteiger partial charge in [-0.1, -0.05) is 41.4 Å². The molecular weight excluding hydrogens is 323 g/mol. The van der Waals surface area contributed by atoms with E-state index in [1.165, 1.54) is 6.92 Å². The van der Waals surface area contributed by atoms with E-state index < -0.39 is 0 Å². The molecule has 2 aromatic rings. The zero-order valence-electron chi connectivity index (χ0n) is 11.8. The van der Waals surface area contributed by atoms with E-state index in [4.69, 9.17) is 23.2 Å². The summed E-state index contributed by atoms with van der Waals surface area (Å²) in [6, 6.07) is 11.8. The van der Waals surface area contributed by atoms with Gasteiger partial charge in [-0.2, -0.15) is 0 Å². The molecule has 0 heterocycles. The number of carbonyl (C=O) groups excluding carboxylic acids is 2. The molecule has 0 saturated carbocycles. The van der Waals surface area contributed by atoms with Crippen molar-refractivity contribution in [1.29, 1.82) is 0 Å². The van der Waals surface area contributed by atoms with Crippen LogP contribution in [0.15, 0.2) is 42.5 Å². The molecule has 6 heteroatoms. The Morgan fingerprint density at radius 3 is 2.32 bits per heavy atom. The van der Waals surface area contributed by atoms with Crippen LogP contribution in [0.2, 0.25) is 10.0 Å². The van der Waals surface area contributed by atoms with Crippen molar-refractivity contribution in [3.05, 3.63) is 58.1 Å². The summed E-state index contributed by atoms with van der Waals surface area (Å²) in [7, 11) is 0. The average molecular weight is 337 g/mol. The van der Waals surface area contributed by atoms with Gasteiger partial charge < -0.3 is 10.6 Å². The topological polar surface area (TPSA) is 58.2 Å². The molecule has 0 aliphatic heterocycles. The van der Waals surface area contributed by atoms with E-state index in [1.807, 2.05) is 0 Å². The Kier molecular flexibility index (Phi) is 5.41. The van der Waals surface area contributed by atoms with E-state index >= 15 is 0 Å². The first kappa shape index (κ1) is 16.3. The SMILES string of the molecule is CC(=O)c1cccc(NC(=O)CNc2c(Cl)cccc2Cl)c1. The average Bonchev–Trinajstić information content (AvgIpc) is 2.47. The van der Waals surface area contributed by atoms with Crippen LogP contribution in [0.4, 0.5) is 11.4 Å². The summed E-state index contributed by atoms with van der Waals surface area (Å²) in [6.07, 6.45) is 0. The maximum absolute atomic E-state index is 11.9. The predicted octanol–water partition coefficient (Wildman–Crippen LogP) is 4.25. The lowest BCUT2D eigenvalue weighted by Gasteiger charge is -2.11. The molecular formula is C16H14Cl2N2O2. The number of benzene rings is 2. The Bertz CT molecular complexity index is 697. The molecule has 0 bridgehead atoms. The van der Waals surface area contributed by atoms with E-state index in [2.05, 4.69) is 10.6 Å². The van der Waals surface area contributed by atoms with E-state index in [1.54, 1.807) is 42.5 Å².